The van der Waals surface area contributed by atoms with Gasteiger partial charge in [-0.2, -0.15) is 0 Å². The van der Waals surface area contributed by atoms with E-state index < -0.39 is 9.84 Å². The van der Waals surface area contributed by atoms with E-state index in [9.17, 15) is 8.42 Å². The van der Waals surface area contributed by atoms with Gasteiger partial charge in [-0.25, -0.2) is 8.42 Å². The molecule has 0 saturated carbocycles. The second-order valence-electron chi connectivity index (χ2n) is 4.34. The molecule has 18 heavy (non-hydrogen) atoms. The van der Waals surface area contributed by atoms with Crippen LogP contribution in [0.2, 0.25) is 0 Å². The first kappa shape index (κ1) is 13.8. The van der Waals surface area contributed by atoms with Crippen molar-refractivity contribution in [3.8, 4) is 0 Å². The Kier molecular flexibility index (Phi) is 4.29. The number of hydrogen-bond donors (Lipinski definition) is 0. The fraction of sp³-hybridized carbons (Fsp3) is 0.500. The first-order valence-electron chi connectivity index (χ1n) is 5.74. The Bertz CT molecular complexity index is 516. The summed E-state index contributed by atoms with van der Waals surface area (Å²) in [6.07, 6.45) is 0. The Morgan fingerprint density at radius 1 is 1.33 bits per heavy atom. The molecular weight excluding hydrogens is 318 g/mol. The van der Waals surface area contributed by atoms with Crippen molar-refractivity contribution in [3.05, 3.63) is 28.2 Å². The van der Waals surface area contributed by atoms with E-state index in [2.05, 4.69) is 20.8 Å². The molecule has 1 aliphatic heterocycles. The molecule has 1 aromatic carbocycles. The molecule has 0 bridgehead atoms. The maximum absolute atomic E-state index is 11.4. The van der Waals surface area contributed by atoms with Gasteiger partial charge in [0.05, 0.1) is 18.1 Å². The smallest absolute Gasteiger partial charge is 0.153 e. The summed E-state index contributed by atoms with van der Waals surface area (Å²) in [5.74, 6) is 0.456. The van der Waals surface area contributed by atoms with Gasteiger partial charge in [-0.3, -0.25) is 0 Å². The van der Waals surface area contributed by atoms with Crippen LogP contribution in [0.25, 0.3) is 0 Å². The van der Waals surface area contributed by atoms with Gasteiger partial charge in [0.1, 0.15) is 0 Å². The minimum absolute atomic E-state index is 0.228. The summed E-state index contributed by atoms with van der Waals surface area (Å²) >= 11 is 3.45. The standard InChI is InChI=1S/C12H16BrNO3S/c1-17-9-10-2-3-11(13)8-12(10)14-4-6-18(15,16)7-5-14/h2-3,8H,4-7,9H2,1H3. The molecule has 4 nitrogen and oxygen atoms in total. The molecule has 0 amide bonds. The van der Waals surface area contributed by atoms with Gasteiger partial charge < -0.3 is 9.64 Å². The second kappa shape index (κ2) is 5.59. The van der Waals surface area contributed by atoms with Crippen LogP contribution in [0.4, 0.5) is 5.69 Å². The van der Waals surface area contributed by atoms with Gasteiger partial charge in [0.15, 0.2) is 9.84 Å². The van der Waals surface area contributed by atoms with Crippen LogP contribution in [0, 0.1) is 0 Å². The van der Waals surface area contributed by atoms with Crippen LogP contribution in [0.5, 0.6) is 0 Å². The third-order valence-electron chi connectivity index (χ3n) is 3.03. The fourth-order valence-electron chi connectivity index (χ4n) is 2.06. The molecule has 1 heterocycles. The molecular formula is C12H16BrNO3S. The fourth-order valence-corrected chi connectivity index (χ4v) is 3.61. The van der Waals surface area contributed by atoms with Gasteiger partial charge in [0.25, 0.3) is 0 Å². The van der Waals surface area contributed by atoms with Crippen LogP contribution in [-0.4, -0.2) is 40.1 Å². The van der Waals surface area contributed by atoms with Crippen molar-refractivity contribution in [3.63, 3.8) is 0 Å². The van der Waals surface area contributed by atoms with Gasteiger partial charge in [-0.15, -0.1) is 0 Å². The van der Waals surface area contributed by atoms with Crippen LogP contribution in [-0.2, 0) is 21.2 Å². The van der Waals surface area contributed by atoms with Gasteiger partial charge >= 0.3 is 0 Å². The van der Waals surface area contributed by atoms with E-state index in [0.29, 0.717) is 19.7 Å². The van der Waals surface area contributed by atoms with Crippen molar-refractivity contribution >= 4 is 31.5 Å². The predicted molar refractivity (Wildman–Crippen MR) is 75.7 cm³/mol. The first-order valence-corrected chi connectivity index (χ1v) is 8.36. The van der Waals surface area contributed by atoms with Gasteiger partial charge in [0, 0.05) is 35.9 Å². The Morgan fingerprint density at radius 3 is 2.61 bits per heavy atom. The van der Waals surface area contributed by atoms with E-state index in [1.54, 1.807) is 7.11 Å². The van der Waals surface area contributed by atoms with Crippen molar-refractivity contribution in [1.82, 2.24) is 0 Å². The van der Waals surface area contributed by atoms with Gasteiger partial charge in [-0.05, 0) is 12.1 Å². The van der Waals surface area contributed by atoms with E-state index in [1.165, 1.54) is 0 Å². The summed E-state index contributed by atoms with van der Waals surface area (Å²) in [6, 6.07) is 6.00. The lowest BCUT2D eigenvalue weighted by molar-refractivity contribution is 0.185. The molecule has 1 fully saturated rings. The molecule has 100 valence electrons. The Balaban J connectivity index is 2.24. The lowest BCUT2D eigenvalue weighted by atomic mass is 10.1. The van der Waals surface area contributed by atoms with Crippen molar-refractivity contribution in [2.75, 3.05) is 36.6 Å². The topological polar surface area (TPSA) is 46.6 Å². The lowest BCUT2D eigenvalue weighted by Crippen LogP contribution is -2.40. The van der Waals surface area contributed by atoms with Crippen molar-refractivity contribution in [1.29, 1.82) is 0 Å². The number of anilines is 1. The average Bonchev–Trinajstić information content (AvgIpc) is 2.32. The van der Waals surface area contributed by atoms with Gasteiger partial charge in [-0.1, -0.05) is 22.0 Å². The summed E-state index contributed by atoms with van der Waals surface area (Å²) in [7, 11) is -1.18. The minimum atomic E-state index is -2.84. The van der Waals surface area contributed by atoms with Crippen molar-refractivity contribution < 1.29 is 13.2 Å². The van der Waals surface area contributed by atoms with Gasteiger partial charge in [0.2, 0.25) is 0 Å². The highest BCUT2D eigenvalue weighted by molar-refractivity contribution is 9.10. The largest absolute Gasteiger partial charge is 0.380 e. The summed E-state index contributed by atoms with van der Waals surface area (Å²) in [4.78, 5) is 2.11. The lowest BCUT2D eigenvalue weighted by Gasteiger charge is -2.30. The Hall–Kier alpha value is -0.590. The molecule has 1 aliphatic rings. The predicted octanol–water partition coefficient (Wildman–Crippen LogP) is 1.83. The molecule has 0 aliphatic carbocycles. The number of rotatable bonds is 3. The van der Waals surface area contributed by atoms with E-state index in [4.69, 9.17) is 4.74 Å². The molecule has 0 spiro atoms. The highest BCUT2D eigenvalue weighted by Crippen LogP contribution is 2.27. The SMILES string of the molecule is COCc1ccc(Br)cc1N1CCS(=O)(=O)CC1. The maximum Gasteiger partial charge on any atom is 0.153 e. The first-order chi connectivity index (χ1) is 8.52. The third kappa shape index (κ3) is 3.24. The molecule has 0 unspecified atom stereocenters. The van der Waals surface area contributed by atoms with Crippen molar-refractivity contribution in [2.45, 2.75) is 6.61 Å². The molecule has 0 radical (unpaired) electrons. The number of nitrogens with zero attached hydrogens (tertiary/aromatic N) is 1. The van der Waals surface area contributed by atoms with E-state index >= 15 is 0 Å². The quantitative estimate of drug-likeness (QED) is 0.846. The van der Waals surface area contributed by atoms with E-state index in [1.807, 2.05) is 18.2 Å². The average molecular weight is 334 g/mol. The third-order valence-corrected chi connectivity index (χ3v) is 5.13. The van der Waals surface area contributed by atoms with E-state index in [0.717, 1.165) is 15.7 Å². The maximum atomic E-state index is 11.4. The van der Waals surface area contributed by atoms with Crippen LogP contribution in [0.3, 0.4) is 0 Å². The number of sulfone groups is 1. The Morgan fingerprint density at radius 2 is 2.00 bits per heavy atom. The molecule has 0 atom stereocenters. The zero-order chi connectivity index (χ0) is 13.2. The molecule has 2 rings (SSSR count). The number of halogens is 1. The number of hydrogen-bond acceptors (Lipinski definition) is 4. The van der Waals surface area contributed by atoms with Crippen LogP contribution < -0.4 is 4.90 Å². The minimum Gasteiger partial charge on any atom is -0.380 e. The normalized spacial score (nSPS) is 18.9. The summed E-state index contributed by atoms with van der Waals surface area (Å²) in [5.41, 5.74) is 2.14. The molecule has 6 heteroatoms. The second-order valence-corrected chi connectivity index (χ2v) is 7.56. The number of benzene rings is 1. The molecule has 1 aromatic rings. The van der Waals surface area contributed by atoms with Crippen LogP contribution >= 0.6 is 15.9 Å². The number of ether oxygens (including phenoxy) is 1. The molecule has 1 saturated heterocycles. The zero-order valence-electron chi connectivity index (χ0n) is 10.2. The Labute approximate surface area is 116 Å². The van der Waals surface area contributed by atoms with E-state index in [-0.39, 0.29) is 11.5 Å². The highest BCUT2D eigenvalue weighted by atomic mass is 79.9. The molecule has 0 N–H and O–H groups in total. The van der Waals surface area contributed by atoms with Crippen molar-refractivity contribution in [2.24, 2.45) is 0 Å². The highest BCUT2D eigenvalue weighted by Gasteiger charge is 2.23. The molecule has 0 aromatic heterocycles. The van der Waals surface area contributed by atoms with Crippen LogP contribution in [0.1, 0.15) is 5.56 Å². The van der Waals surface area contributed by atoms with Crippen LogP contribution in [0.15, 0.2) is 22.7 Å². The summed E-state index contributed by atoms with van der Waals surface area (Å²) in [6.45, 7) is 1.64. The monoisotopic (exact) mass is 333 g/mol. The number of methoxy groups -OCH3 is 1. The summed E-state index contributed by atoms with van der Waals surface area (Å²) < 4.78 is 29.1. The zero-order valence-corrected chi connectivity index (χ0v) is 12.6. The summed E-state index contributed by atoms with van der Waals surface area (Å²) in [5, 5.41) is 0.